The molecule has 0 aromatic heterocycles. The van der Waals surface area contributed by atoms with Gasteiger partial charge in [-0.15, -0.1) is 0 Å². The number of benzene rings is 2. The van der Waals surface area contributed by atoms with Gasteiger partial charge in [-0.3, -0.25) is 0 Å². The normalized spacial score (nSPS) is 12.4. The highest BCUT2D eigenvalue weighted by atomic mass is 35.5. The number of rotatable bonds is 2. The van der Waals surface area contributed by atoms with Crippen LogP contribution in [-0.4, -0.2) is 4.21 Å². The van der Waals surface area contributed by atoms with Crippen molar-refractivity contribution in [3.8, 4) is 0 Å². The quantitative estimate of drug-likeness (QED) is 0.800. The van der Waals surface area contributed by atoms with E-state index >= 15 is 0 Å². The first-order valence-electron chi connectivity index (χ1n) is 4.60. The Labute approximate surface area is 100 Å². The molecule has 82 valence electrons. The summed E-state index contributed by atoms with van der Waals surface area (Å²) in [5.41, 5.74) is 0. The van der Waals surface area contributed by atoms with E-state index in [0.717, 1.165) is 0 Å². The Balaban J connectivity index is 2.32. The third-order valence-electron chi connectivity index (χ3n) is 2.06. The highest BCUT2D eigenvalue weighted by Crippen LogP contribution is 2.18. The van der Waals surface area contributed by atoms with E-state index in [1.54, 1.807) is 24.3 Å². The minimum absolute atomic E-state index is 0.336. The Kier molecular flexibility index (Phi) is 3.36. The second kappa shape index (κ2) is 4.76. The Morgan fingerprint density at radius 1 is 0.875 bits per heavy atom. The van der Waals surface area contributed by atoms with Crippen molar-refractivity contribution in [1.82, 2.24) is 0 Å². The molecule has 0 aliphatic carbocycles. The molecule has 0 radical (unpaired) electrons. The van der Waals surface area contributed by atoms with Crippen molar-refractivity contribution < 1.29 is 8.60 Å². The van der Waals surface area contributed by atoms with Gasteiger partial charge in [-0.2, -0.15) is 0 Å². The van der Waals surface area contributed by atoms with E-state index in [1.165, 1.54) is 24.3 Å². The van der Waals surface area contributed by atoms with E-state index in [2.05, 4.69) is 0 Å². The lowest BCUT2D eigenvalue weighted by molar-refractivity contribution is 0.626. The van der Waals surface area contributed by atoms with Gasteiger partial charge in [0.2, 0.25) is 0 Å². The first-order valence-corrected chi connectivity index (χ1v) is 6.12. The van der Waals surface area contributed by atoms with Gasteiger partial charge in [0.05, 0.1) is 10.8 Å². The first-order chi connectivity index (χ1) is 7.66. The summed E-state index contributed by atoms with van der Waals surface area (Å²) in [7, 11) is -1.29. The summed E-state index contributed by atoms with van der Waals surface area (Å²) >= 11 is 5.73. The van der Waals surface area contributed by atoms with Crippen molar-refractivity contribution in [2.45, 2.75) is 9.79 Å². The third-order valence-corrected chi connectivity index (χ3v) is 3.71. The van der Waals surface area contributed by atoms with Crippen LogP contribution in [0.2, 0.25) is 5.02 Å². The molecule has 0 heterocycles. The largest absolute Gasteiger partial charge is 0.249 e. The van der Waals surface area contributed by atoms with Crippen molar-refractivity contribution in [3.63, 3.8) is 0 Å². The maximum absolute atomic E-state index is 12.7. The molecular weight excluding hydrogens is 247 g/mol. The van der Waals surface area contributed by atoms with Crippen molar-refractivity contribution in [1.29, 1.82) is 0 Å². The fraction of sp³-hybridized carbons (Fsp3) is 0. The van der Waals surface area contributed by atoms with Gasteiger partial charge in [-0.1, -0.05) is 11.6 Å². The lowest BCUT2D eigenvalue weighted by atomic mass is 10.3. The maximum Gasteiger partial charge on any atom is 0.123 e. The molecule has 0 saturated heterocycles. The molecule has 0 aliphatic rings. The predicted molar refractivity (Wildman–Crippen MR) is 62.5 cm³/mol. The van der Waals surface area contributed by atoms with E-state index in [-0.39, 0.29) is 5.82 Å². The van der Waals surface area contributed by atoms with Gasteiger partial charge in [-0.05, 0) is 48.5 Å². The highest BCUT2D eigenvalue weighted by Gasteiger charge is 2.06. The SMILES string of the molecule is O=S(c1ccc(F)cc1)c1ccc(Cl)cc1. The van der Waals surface area contributed by atoms with E-state index in [9.17, 15) is 8.60 Å². The van der Waals surface area contributed by atoms with Crippen LogP contribution in [0.25, 0.3) is 0 Å². The van der Waals surface area contributed by atoms with Crippen LogP contribution in [0.4, 0.5) is 4.39 Å². The van der Waals surface area contributed by atoms with E-state index in [0.29, 0.717) is 14.8 Å². The number of hydrogen-bond donors (Lipinski definition) is 0. The molecular formula is C12H8ClFOS. The fourth-order valence-corrected chi connectivity index (χ4v) is 2.42. The summed E-state index contributed by atoms with van der Waals surface area (Å²) in [6, 6.07) is 12.4. The van der Waals surface area contributed by atoms with Crippen LogP contribution in [0, 0.1) is 5.82 Å². The van der Waals surface area contributed by atoms with Gasteiger partial charge in [0.25, 0.3) is 0 Å². The smallest absolute Gasteiger partial charge is 0.123 e. The van der Waals surface area contributed by atoms with Gasteiger partial charge in [0.1, 0.15) is 5.82 Å². The number of hydrogen-bond acceptors (Lipinski definition) is 1. The van der Waals surface area contributed by atoms with Crippen LogP contribution in [0.1, 0.15) is 0 Å². The van der Waals surface area contributed by atoms with Gasteiger partial charge < -0.3 is 0 Å². The zero-order valence-electron chi connectivity index (χ0n) is 8.19. The van der Waals surface area contributed by atoms with Crippen LogP contribution < -0.4 is 0 Å². The average molecular weight is 255 g/mol. The van der Waals surface area contributed by atoms with Crippen LogP contribution in [0.15, 0.2) is 58.3 Å². The Hall–Kier alpha value is -1.19. The summed E-state index contributed by atoms with van der Waals surface area (Å²) in [6.07, 6.45) is 0. The Morgan fingerprint density at radius 3 is 1.81 bits per heavy atom. The van der Waals surface area contributed by atoms with E-state index in [1.807, 2.05) is 0 Å². The lowest BCUT2D eigenvalue weighted by Gasteiger charge is -2.02. The summed E-state index contributed by atoms with van der Waals surface area (Å²) < 4.78 is 24.7. The highest BCUT2D eigenvalue weighted by molar-refractivity contribution is 7.85. The molecule has 16 heavy (non-hydrogen) atoms. The van der Waals surface area contributed by atoms with Crippen LogP contribution in [0.5, 0.6) is 0 Å². The summed E-state index contributed by atoms with van der Waals surface area (Å²) in [5, 5.41) is 0.597. The monoisotopic (exact) mass is 254 g/mol. The van der Waals surface area contributed by atoms with Crippen LogP contribution >= 0.6 is 11.6 Å². The molecule has 4 heteroatoms. The first kappa shape index (κ1) is 11.3. The molecule has 1 nitrogen and oxygen atoms in total. The zero-order valence-corrected chi connectivity index (χ0v) is 9.76. The molecule has 0 fully saturated rings. The second-order valence-electron chi connectivity index (χ2n) is 3.18. The van der Waals surface area contributed by atoms with Gasteiger partial charge in [0.15, 0.2) is 0 Å². The molecule has 2 aromatic carbocycles. The maximum atomic E-state index is 12.7. The Bertz CT molecular complexity index is 460. The minimum atomic E-state index is -1.29. The molecule has 0 amide bonds. The van der Waals surface area contributed by atoms with Crippen molar-refractivity contribution in [2.75, 3.05) is 0 Å². The van der Waals surface area contributed by atoms with Gasteiger partial charge >= 0.3 is 0 Å². The third kappa shape index (κ3) is 2.49. The molecule has 2 aromatic rings. The van der Waals surface area contributed by atoms with Crippen molar-refractivity contribution >= 4 is 22.4 Å². The number of halogens is 2. The standard InChI is InChI=1S/C12H8ClFOS/c13-9-1-5-11(6-2-9)16(15)12-7-3-10(14)4-8-12/h1-8H. The molecule has 1 atom stereocenters. The topological polar surface area (TPSA) is 17.1 Å². The molecule has 0 aliphatic heterocycles. The average Bonchev–Trinajstić information content (AvgIpc) is 2.30. The van der Waals surface area contributed by atoms with Gasteiger partial charge in [0, 0.05) is 14.8 Å². The molecule has 0 N–H and O–H groups in total. The Morgan fingerprint density at radius 2 is 1.31 bits per heavy atom. The lowest BCUT2D eigenvalue weighted by Crippen LogP contribution is -1.92. The van der Waals surface area contributed by atoms with Crippen molar-refractivity contribution in [2.24, 2.45) is 0 Å². The van der Waals surface area contributed by atoms with Crippen LogP contribution in [-0.2, 0) is 10.8 Å². The van der Waals surface area contributed by atoms with E-state index < -0.39 is 10.8 Å². The molecule has 0 saturated carbocycles. The predicted octanol–water partition coefficient (Wildman–Crippen LogP) is 3.65. The minimum Gasteiger partial charge on any atom is -0.249 e. The molecule has 1 unspecified atom stereocenters. The zero-order chi connectivity index (χ0) is 11.5. The summed E-state index contributed by atoms with van der Waals surface area (Å²) in [5.74, 6) is -0.336. The summed E-state index contributed by atoms with van der Waals surface area (Å²) in [4.78, 5) is 1.22. The van der Waals surface area contributed by atoms with E-state index in [4.69, 9.17) is 11.6 Å². The van der Waals surface area contributed by atoms with Crippen LogP contribution in [0.3, 0.4) is 0 Å². The molecule has 2 rings (SSSR count). The van der Waals surface area contributed by atoms with Crippen molar-refractivity contribution in [3.05, 3.63) is 59.4 Å². The molecule has 0 spiro atoms. The van der Waals surface area contributed by atoms with Gasteiger partial charge in [-0.25, -0.2) is 8.60 Å². The second-order valence-corrected chi connectivity index (χ2v) is 5.09. The fourth-order valence-electron chi connectivity index (χ4n) is 1.25. The summed E-state index contributed by atoms with van der Waals surface area (Å²) in [6.45, 7) is 0. The molecule has 0 bridgehead atoms.